The normalized spacial score (nSPS) is 19.7. The van der Waals surface area contributed by atoms with Crippen molar-refractivity contribution in [1.29, 1.82) is 0 Å². The number of nitrogens with zero attached hydrogens (tertiary/aromatic N) is 5. The Morgan fingerprint density at radius 3 is 2.91 bits per heavy atom. The monoisotopic (exact) mass is 496 g/mol. The van der Waals surface area contributed by atoms with Gasteiger partial charge in [-0.15, -0.1) is 16.7 Å². The van der Waals surface area contributed by atoms with Crippen molar-refractivity contribution >= 4 is 33.4 Å². The van der Waals surface area contributed by atoms with Gasteiger partial charge in [0.15, 0.2) is 5.65 Å². The lowest BCUT2D eigenvalue weighted by Gasteiger charge is -2.36. The summed E-state index contributed by atoms with van der Waals surface area (Å²) in [5.41, 5.74) is 2.42. The van der Waals surface area contributed by atoms with Crippen LogP contribution < -0.4 is 14.8 Å². The number of alkyl halides is 1. The number of pyridine rings is 1. The van der Waals surface area contributed by atoms with Crippen molar-refractivity contribution in [2.24, 2.45) is 5.92 Å². The summed E-state index contributed by atoms with van der Waals surface area (Å²) in [6.07, 6.45) is 4.77. The molecule has 0 bridgehead atoms. The number of aromatic amines is 1. The zero-order valence-corrected chi connectivity index (χ0v) is 20.2. The summed E-state index contributed by atoms with van der Waals surface area (Å²) in [5, 5.41) is 14.9. The lowest BCUT2D eigenvalue weighted by molar-refractivity contribution is 0.258. The van der Waals surface area contributed by atoms with E-state index < -0.39 is 10.2 Å². The predicted octanol–water partition coefficient (Wildman–Crippen LogP) is 2.10. The summed E-state index contributed by atoms with van der Waals surface area (Å²) in [4.78, 5) is 4.60. The molecule has 0 aliphatic carbocycles. The van der Waals surface area contributed by atoms with Gasteiger partial charge >= 0.3 is 0 Å². The molecule has 0 spiro atoms. The van der Waals surface area contributed by atoms with E-state index >= 15 is 0 Å². The Labute approximate surface area is 198 Å². The third kappa shape index (κ3) is 5.24. The Bertz CT molecular complexity index is 1170. The Kier molecular flexibility index (Phi) is 7.37. The van der Waals surface area contributed by atoms with E-state index in [2.05, 4.69) is 30.3 Å². The molecule has 3 aromatic rings. The number of nitrogens with one attached hydrogen (secondary N) is 3. The van der Waals surface area contributed by atoms with Gasteiger partial charge in [-0.3, -0.25) is 5.10 Å². The molecule has 11 nitrogen and oxygen atoms in total. The fraction of sp³-hybridized carbons (Fsp3) is 0.550. The fourth-order valence-electron chi connectivity index (χ4n) is 3.94. The summed E-state index contributed by atoms with van der Waals surface area (Å²) in [6, 6.07) is 3.86. The number of fused-ring (bicyclic) bond motifs is 1. The largest absolute Gasteiger partial charge is 0.477 e. The van der Waals surface area contributed by atoms with E-state index in [-0.39, 0.29) is 12.0 Å². The highest BCUT2D eigenvalue weighted by Gasteiger charge is 2.33. The first-order valence-electron chi connectivity index (χ1n) is 11.0. The molecule has 0 unspecified atom stereocenters. The number of hydrogen-bond acceptors (Lipinski definition) is 7. The molecule has 180 valence electrons. The maximum Gasteiger partial charge on any atom is 0.279 e. The summed E-state index contributed by atoms with van der Waals surface area (Å²) >= 11 is 5.64. The Morgan fingerprint density at radius 1 is 1.36 bits per heavy atom. The molecular formula is C20H29ClN8O3S. The first-order chi connectivity index (χ1) is 15.9. The van der Waals surface area contributed by atoms with Gasteiger partial charge in [0.25, 0.3) is 10.2 Å². The van der Waals surface area contributed by atoms with Crippen LogP contribution in [0.15, 0.2) is 24.5 Å². The van der Waals surface area contributed by atoms with Crippen molar-refractivity contribution in [3.8, 4) is 17.0 Å². The quantitative estimate of drug-likeness (QED) is 0.289. The second-order valence-corrected chi connectivity index (χ2v) is 10.1. The topological polar surface area (TPSA) is 130 Å². The molecule has 4 rings (SSSR count). The molecular weight excluding hydrogens is 468 g/mol. The number of H-pyrrole nitrogens is 1. The highest BCUT2D eigenvalue weighted by Crippen LogP contribution is 2.31. The predicted molar refractivity (Wildman–Crippen MR) is 127 cm³/mol. The molecule has 4 heterocycles. The standard InChI is InChI=1S/C20H29ClN8O3S/c1-3-32-19-16(15-11-22-23-12-15)5-6-18-26-20(27-29(18)19)25-17-7-10-28(13-14(17)2)33(30,31)24-9-4-8-21/h5-6,11-12,14,17,24H,3-4,7-10,13H2,1-2H3,(H,22,23)(H,25,27)/t14-,17+/m1/s1. The van der Waals surface area contributed by atoms with Crippen LogP contribution in [0.5, 0.6) is 5.88 Å². The zero-order valence-electron chi connectivity index (χ0n) is 18.7. The second kappa shape index (κ2) is 10.2. The molecule has 3 N–H and O–H groups in total. The molecule has 33 heavy (non-hydrogen) atoms. The smallest absolute Gasteiger partial charge is 0.279 e. The van der Waals surface area contributed by atoms with Crippen molar-refractivity contribution in [3.63, 3.8) is 0 Å². The number of anilines is 1. The molecule has 1 aliphatic rings. The number of aromatic nitrogens is 5. The number of rotatable bonds is 10. The van der Waals surface area contributed by atoms with Crippen LogP contribution in [0.1, 0.15) is 26.7 Å². The van der Waals surface area contributed by atoms with Crippen molar-refractivity contribution < 1.29 is 13.2 Å². The van der Waals surface area contributed by atoms with Crippen molar-refractivity contribution in [3.05, 3.63) is 24.5 Å². The highest BCUT2D eigenvalue weighted by atomic mass is 35.5. The zero-order chi connectivity index (χ0) is 23.4. The minimum atomic E-state index is -3.51. The van der Waals surface area contributed by atoms with Gasteiger partial charge in [-0.1, -0.05) is 6.92 Å². The number of hydrogen-bond donors (Lipinski definition) is 3. The van der Waals surface area contributed by atoms with E-state index in [0.29, 0.717) is 62.4 Å². The van der Waals surface area contributed by atoms with Crippen LogP contribution >= 0.6 is 11.6 Å². The fourth-order valence-corrected chi connectivity index (χ4v) is 5.44. The van der Waals surface area contributed by atoms with Crippen LogP contribution in [0.2, 0.25) is 0 Å². The number of halogens is 1. The first-order valence-corrected chi connectivity index (χ1v) is 13.0. The van der Waals surface area contributed by atoms with Gasteiger partial charge in [-0.25, -0.2) is 4.72 Å². The molecule has 1 saturated heterocycles. The minimum absolute atomic E-state index is 0.0422. The van der Waals surface area contributed by atoms with E-state index in [9.17, 15) is 8.42 Å². The number of ether oxygens (including phenoxy) is 1. The molecule has 0 radical (unpaired) electrons. The summed E-state index contributed by atoms with van der Waals surface area (Å²) in [6.45, 7) is 5.59. The maximum atomic E-state index is 12.5. The Morgan fingerprint density at radius 2 is 2.21 bits per heavy atom. The van der Waals surface area contributed by atoms with Gasteiger partial charge in [-0.2, -0.15) is 27.3 Å². The van der Waals surface area contributed by atoms with E-state index in [0.717, 1.165) is 11.1 Å². The van der Waals surface area contributed by atoms with Crippen LogP contribution in [0.3, 0.4) is 0 Å². The van der Waals surface area contributed by atoms with Gasteiger partial charge in [-0.05, 0) is 37.8 Å². The Hall–Kier alpha value is -2.41. The molecule has 0 amide bonds. The minimum Gasteiger partial charge on any atom is -0.477 e. The van der Waals surface area contributed by atoms with Gasteiger partial charge in [0.1, 0.15) is 0 Å². The molecule has 13 heteroatoms. The second-order valence-electron chi connectivity index (χ2n) is 7.99. The third-order valence-corrected chi connectivity index (χ3v) is 7.51. The van der Waals surface area contributed by atoms with Crippen LogP contribution in [-0.2, 0) is 10.2 Å². The molecule has 1 aliphatic heterocycles. The van der Waals surface area contributed by atoms with Gasteiger partial charge in [0.05, 0.1) is 12.8 Å². The van der Waals surface area contributed by atoms with E-state index in [4.69, 9.17) is 16.3 Å². The summed E-state index contributed by atoms with van der Waals surface area (Å²) in [5.74, 6) is 1.57. The van der Waals surface area contributed by atoms with E-state index in [1.807, 2.05) is 26.0 Å². The van der Waals surface area contributed by atoms with Crippen molar-refractivity contribution in [1.82, 2.24) is 33.8 Å². The van der Waals surface area contributed by atoms with Crippen LogP contribution in [0.4, 0.5) is 5.95 Å². The van der Waals surface area contributed by atoms with Gasteiger partial charge < -0.3 is 10.1 Å². The lowest BCUT2D eigenvalue weighted by atomic mass is 9.95. The molecule has 2 atom stereocenters. The lowest BCUT2D eigenvalue weighted by Crippen LogP contribution is -2.51. The molecule has 1 fully saturated rings. The molecule has 0 aromatic carbocycles. The van der Waals surface area contributed by atoms with E-state index in [1.165, 1.54) is 4.31 Å². The van der Waals surface area contributed by atoms with Crippen LogP contribution in [0.25, 0.3) is 16.8 Å². The SMILES string of the molecule is CCOc1c(-c2cn[nH]c2)ccc2nc(N[C@H]3CCN(S(=O)(=O)NCCCCl)C[C@H]3C)nn12. The van der Waals surface area contributed by atoms with Gasteiger partial charge in [0.2, 0.25) is 11.8 Å². The third-order valence-electron chi connectivity index (χ3n) is 5.66. The highest BCUT2D eigenvalue weighted by molar-refractivity contribution is 7.87. The summed E-state index contributed by atoms with van der Waals surface area (Å²) in [7, 11) is -3.51. The maximum absolute atomic E-state index is 12.5. The van der Waals surface area contributed by atoms with E-state index in [1.54, 1.807) is 16.9 Å². The van der Waals surface area contributed by atoms with Crippen molar-refractivity contribution in [2.45, 2.75) is 32.7 Å². The van der Waals surface area contributed by atoms with Crippen LogP contribution in [0, 0.1) is 5.92 Å². The summed E-state index contributed by atoms with van der Waals surface area (Å²) < 4.78 is 36.7. The molecule has 3 aromatic heterocycles. The molecule has 0 saturated carbocycles. The Balaban J connectivity index is 1.49. The average Bonchev–Trinajstić information content (AvgIpc) is 3.45. The first kappa shape index (κ1) is 23.7. The van der Waals surface area contributed by atoms with Crippen molar-refractivity contribution in [2.75, 3.05) is 37.4 Å². The number of piperidine rings is 1. The van der Waals surface area contributed by atoms with Gasteiger partial charge in [0, 0.05) is 48.9 Å². The van der Waals surface area contributed by atoms with Crippen LogP contribution in [-0.4, -0.2) is 75.7 Å². The average molecular weight is 497 g/mol.